The molecule has 1 saturated heterocycles. The van der Waals surface area contributed by atoms with Crippen LogP contribution in [0.1, 0.15) is 63.1 Å². The first-order chi connectivity index (χ1) is 15.9. The van der Waals surface area contributed by atoms with Crippen LogP contribution in [0.4, 0.5) is 0 Å². The maximum absolute atomic E-state index is 14.2. The molecule has 0 unspecified atom stereocenters. The van der Waals surface area contributed by atoms with Crippen LogP contribution in [0.5, 0.6) is 0 Å². The maximum atomic E-state index is 14.2. The molecule has 1 fully saturated rings. The summed E-state index contributed by atoms with van der Waals surface area (Å²) in [7, 11) is -3.39. The highest BCUT2D eigenvalue weighted by Gasteiger charge is 2.52. The van der Waals surface area contributed by atoms with E-state index in [1.54, 1.807) is 13.0 Å². The van der Waals surface area contributed by atoms with Gasteiger partial charge in [0.1, 0.15) is 0 Å². The van der Waals surface area contributed by atoms with Gasteiger partial charge in [-0.25, -0.2) is 8.42 Å². The molecule has 1 aliphatic rings. The average molecular weight is 523 g/mol. The molecule has 0 N–H and O–H groups in total. The first kappa shape index (κ1) is 26.8. The molecule has 0 aliphatic carbocycles. The maximum Gasteiger partial charge on any atom is 0.229 e. The summed E-state index contributed by atoms with van der Waals surface area (Å²) >= 11 is 12.6. The molecule has 7 heteroatoms. The van der Waals surface area contributed by atoms with Gasteiger partial charge in [-0.2, -0.15) is 0 Å². The number of carbonyl (C=O) groups is 1. The van der Waals surface area contributed by atoms with Gasteiger partial charge in [-0.15, -0.1) is 6.58 Å². The Morgan fingerprint density at radius 1 is 1.15 bits per heavy atom. The van der Waals surface area contributed by atoms with Crippen molar-refractivity contribution in [2.24, 2.45) is 5.41 Å². The first-order valence-corrected chi connectivity index (χ1v) is 14.3. The minimum atomic E-state index is -3.39. The quantitative estimate of drug-likeness (QED) is 0.357. The van der Waals surface area contributed by atoms with Crippen LogP contribution in [0.15, 0.2) is 61.2 Å². The number of sulfone groups is 1. The van der Waals surface area contributed by atoms with Crippen LogP contribution in [0, 0.1) is 5.41 Å². The van der Waals surface area contributed by atoms with E-state index in [0.717, 1.165) is 11.1 Å². The van der Waals surface area contributed by atoms with E-state index < -0.39 is 26.5 Å². The molecule has 1 amide bonds. The summed E-state index contributed by atoms with van der Waals surface area (Å²) in [5.41, 5.74) is 1.21. The Hall–Kier alpha value is -1.82. The summed E-state index contributed by atoms with van der Waals surface area (Å²) in [6.07, 6.45) is 4.61. The number of likely N-dealkylation sites (tertiary alicyclic amines) is 1. The molecule has 5 atom stereocenters. The summed E-state index contributed by atoms with van der Waals surface area (Å²) < 4.78 is 25.3. The summed E-state index contributed by atoms with van der Waals surface area (Å²) in [5, 5.41) is 0.505. The fourth-order valence-corrected chi connectivity index (χ4v) is 6.51. The molecule has 2 aromatic rings. The zero-order chi connectivity index (χ0) is 25.3. The largest absolute Gasteiger partial charge is 0.330 e. The van der Waals surface area contributed by atoms with Crippen molar-refractivity contribution in [3.63, 3.8) is 0 Å². The standard InChI is InChI=1S/C27H33Cl2NO3S/c1-6-15-27(4)17-23(20-9-8-10-22(29)16-20)25(19-11-13-21(28)14-12-19)30(26(27)31)24(7-2)18(3)34(5,32)33/h6,8-14,16,18,23-25H,1,7,15,17H2,2-5H3/t18-,23-,24+,25-,27+/m1/s1. The van der Waals surface area contributed by atoms with Gasteiger partial charge in [-0.1, -0.05) is 67.4 Å². The van der Waals surface area contributed by atoms with E-state index in [9.17, 15) is 13.2 Å². The number of hydrogen-bond donors (Lipinski definition) is 0. The summed E-state index contributed by atoms with van der Waals surface area (Å²) in [5.74, 6) is -0.142. The van der Waals surface area contributed by atoms with Crippen LogP contribution < -0.4 is 0 Å². The van der Waals surface area contributed by atoms with Crippen molar-refractivity contribution in [1.29, 1.82) is 0 Å². The van der Waals surface area contributed by atoms with Crippen LogP contribution in [0.25, 0.3) is 0 Å². The fourth-order valence-electron chi connectivity index (χ4n) is 5.29. The summed E-state index contributed by atoms with van der Waals surface area (Å²) in [6, 6.07) is 14.3. The van der Waals surface area contributed by atoms with E-state index in [1.807, 2.05) is 67.3 Å². The highest BCUT2D eigenvalue weighted by molar-refractivity contribution is 7.91. The molecule has 34 heavy (non-hydrogen) atoms. The number of amides is 1. The molecule has 3 rings (SSSR count). The van der Waals surface area contributed by atoms with Crippen LogP contribution in [-0.2, 0) is 14.6 Å². The predicted octanol–water partition coefficient (Wildman–Crippen LogP) is 6.84. The van der Waals surface area contributed by atoms with Crippen molar-refractivity contribution in [1.82, 2.24) is 4.90 Å². The van der Waals surface area contributed by atoms with E-state index in [0.29, 0.717) is 29.3 Å². The highest BCUT2D eigenvalue weighted by Crippen LogP contribution is 2.52. The van der Waals surface area contributed by atoms with Crippen molar-refractivity contribution in [2.45, 2.75) is 63.3 Å². The molecular weight excluding hydrogens is 489 g/mol. The number of allylic oxidation sites excluding steroid dienone is 1. The monoisotopic (exact) mass is 521 g/mol. The smallest absolute Gasteiger partial charge is 0.229 e. The molecule has 1 heterocycles. The third-order valence-electron chi connectivity index (χ3n) is 7.18. The lowest BCUT2D eigenvalue weighted by Crippen LogP contribution is -2.58. The number of nitrogens with zero attached hydrogens (tertiary/aromatic N) is 1. The summed E-state index contributed by atoms with van der Waals surface area (Å²) in [6.45, 7) is 9.49. The van der Waals surface area contributed by atoms with Gasteiger partial charge < -0.3 is 4.90 Å². The lowest BCUT2D eigenvalue weighted by Gasteiger charge is -2.53. The van der Waals surface area contributed by atoms with Gasteiger partial charge in [0.05, 0.1) is 16.7 Å². The second kappa shape index (κ2) is 10.4. The molecule has 184 valence electrons. The van der Waals surface area contributed by atoms with Gasteiger partial charge in [-0.05, 0) is 61.6 Å². The Labute approximate surface area is 213 Å². The number of carbonyl (C=O) groups excluding carboxylic acids is 1. The molecular formula is C27H33Cl2NO3S. The lowest BCUT2D eigenvalue weighted by atomic mass is 9.67. The van der Waals surface area contributed by atoms with Gasteiger partial charge in [0.15, 0.2) is 9.84 Å². The molecule has 0 radical (unpaired) electrons. The Bertz CT molecular complexity index is 1150. The van der Waals surface area contributed by atoms with E-state index in [4.69, 9.17) is 23.2 Å². The molecule has 1 aliphatic heterocycles. The third kappa shape index (κ3) is 5.37. The lowest BCUT2D eigenvalue weighted by molar-refractivity contribution is -0.154. The molecule has 4 nitrogen and oxygen atoms in total. The number of halogens is 2. The number of rotatable bonds is 8. The topological polar surface area (TPSA) is 54.5 Å². The Kier molecular flexibility index (Phi) is 8.22. The first-order valence-electron chi connectivity index (χ1n) is 11.6. The number of benzene rings is 2. The Morgan fingerprint density at radius 3 is 2.32 bits per heavy atom. The average Bonchev–Trinajstić information content (AvgIpc) is 2.77. The second-order valence-corrected chi connectivity index (χ2v) is 12.9. The van der Waals surface area contributed by atoms with Crippen LogP contribution in [-0.4, -0.2) is 36.8 Å². The highest BCUT2D eigenvalue weighted by atomic mass is 35.5. The van der Waals surface area contributed by atoms with Gasteiger partial charge in [-0.3, -0.25) is 4.79 Å². The van der Waals surface area contributed by atoms with E-state index in [1.165, 1.54) is 6.26 Å². The molecule has 0 bridgehead atoms. The Balaban J connectivity index is 2.29. The van der Waals surface area contributed by atoms with Crippen molar-refractivity contribution >= 4 is 38.9 Å². The minimum absolute atomic E-state index is 0.0482. The van der Waals surface area contributed by atoms with Crippen molar-refractivity contribution < 1.29 is 13.2 Å². The zero-order valence-electron chi connectivity index (χ0n) is 20.2. The van der Waals surface area contributed by atoms with Crippen LogP contribution in [0.2, 0.25) is 10.0 Å². The van der Waals surface area contributed by atoms with Crippen molar-refractivity contribution in [2.75, 3.05) is 6.26 Å². The summed E-state index contributed by atoms with van der Waals surface area (Å²) in [4.78, 5) is 16.0. The third-order valence-corrected chi connectivity index (χ3v) is 9.33. The molecule has 2 aromatic carbocycles. The van der Waals surface area contributed by atoms with Gasteiger partial charge in [0.25, 0.3) is 0 Å². The zero-order valence-corrected chi connectivity index (χ0v) is 22.5. The molecule has 0 saturated carbocycles. The fraction of sp³-hybridized carbons (Fsp3) is 0.444. The molecule has 0 spiro atoms. The van der Waals surface area contributed by atoms with Crippen LogP contribution >= 0.6 is 23.2 Å². The van der Waals surface area contributed by atoms with E-state index in [2.05, 4.69) is 6.58 Å². The van der Waals surface area contributed by atoms with Gasteiger partial charge in [0.2, 0.25) is 5.91 Å². The minimum Gasteiger partial charge on any atom is -0.330 e. The normalized spacial score (nSPS) is 25.1. The predicted molar refractivity (Wildman–Crippen MR) is 141 cm³/mol. The van der Waals surface area contributed by atoms with E-state index in [-0.39, 0.29) is 17.9 Å². The van der Waals surface area contributed by atoms with Crippen molar-refractivity contribution in [3.8, 4) is 0 Å². The van der Waals surface area contributed by atoms with Crippen LogP contribution in [0.3, 0.4) is 0 Å². The van der Waals surface area contributed by atoms with E-state index >= 15 is 0 Å². The number of piperidine rings is 1. The second-order valence-electron chi connectivity index (χ2n) is 9.64. The van der Waals surface area contributed by atoms with Gasteiger partial charge in [0, 0.05) is 28.3 Å². The SMILES string of the molecule is C=CC[C@@]1(C)C[C@H](c2cccc(Cl)c2)[C@@H](c2ccc(Cl)cc2)N([C@@H](CC)[C@@H](C)S(C)(=O)=O)C1=O. The molecule has 0 aromatic heterocycles. The van der Waals surface area contributed by atoms with Crippen molar-refractivity contribution in [3.05, 3.63) is 82.4 Å². The number of hydrogen-bond acceptors (Lipinski definition) is 3. The Morgan fingerprint density at radius 2 is 1.79 bits per heavy atom. The van der Waals surface area contributed by atoms with Gasteiger partial charge >= 0.3 is 0 Å².